The van der Waals surface area contributed by atoms with Crippen LogP contribution in [-0.4, -0.2) is 22.9 Å². The highest BCUT2D eigenvalue weighted by Crippen LogP contribution is 2.40. The van der Waals surface area contributed by atoms with Crippen LogP contribution in [0.15, 0.2) is 35.3 Å². The van der Waals surface area contributed by atoms with Gasteiger partial charge in [-0.15, -0.1) is 0 Å². The van der Waals surface area contributed by atoms with Crippen molar-refractivity contribution in [2.24, 2.45) is 0 Å². The number of benzene rings is 1. The van der Waals surface area contributed by atoms with E-state index in [9.17, 15) is 9.59 Å². The van der Waals surface area contributed by atoms with E-state index in [4.69, 9.17) is 4.74 Å². The third-order valence-electron chi connectivity index (χ3n) is 4.09. The lowest BCUT2D eigenvalue weighted by Crippen LogP contribution is -2.16. The Kier molecular flexibility index (Phi) is 2.48. The maximum absolute atomic E-state index is 12.6. The number of hydrogen-bond donors (Lipinski definition) is 1. The summed E-state index contributed by atoms with van der Waals surface area (Å²) in [6.45, 7) is 1.78. The summed E-state index contributed by atoms with van der Waals surface area (Å²) in [5.41, 5.74) is 3.09. The molecule has 3 aromatic rings. The Balaban J connectivity index is 2.20. The number of methoxy groups -OCH3 is 1. The first-order valence-electron chi connectivity index (χ1n) is 6.86. The van der Waals surface area contributed by atoms with Gasteiger partial charge in [0.25, 0.3) is 5.56 Å². The number of carbonyl (C=O) groups is 1. The lowest BCUT2D eigenvalue weighted by Gasteiger charge is -2.07. The van der Waals surface area contributed by atoms with Crippen LogP contribution in [0.25, 0.3) is 22.0 Å². The summed E-state index contributed by atoms with van der Waals surface area (Å²) in [6.07, 6.45) is 1.66. The van der Waals surface area contributed by atoms with Crippen molar-refractivity contribution in [2.75, 3.05) is 7.11 Å². The Morgan fingerprint density at radius 2 is 1.91 bits per heavy atom. The fourth-order valence-corrected chi connectivity index (χ4v) is 3.09. The minimum Gasteiger partial charge on any atom is -0.497 e. The molecule has 0 spiro atoms. The van der Waals surface area contributed by atoms with E-state index >= 15 is 0 Å². The third-order valence-corrected chi connectivity index (χ3v) is 4.09. The maximum Gasteiger partial charge on any atom is 0.260 e. The number of nitrogens with one attached hydrogen (secondary N) is 1. The molecule has 108 valence electrons. The molecule has 0 saturated heterocycles. The Labute approximate surface area is 125 Å². The van der Waals surface area contributed by atoms with Crippen LogP contribution in [0.5, 0.6) is 5.75 Å². The first-order valence-corrected chi connectivity index (χ1v) is 6.86. The van der Waals surface area contributed by atoms with Crippen molar-refractivity contribution in [3.63, 3.8) is 0 Å². The number of H-pyrrole nitrogens is 1. The highest BCUT2D eigenvalue weighted by Gasteiger charge is 2.33. The summed E-state index contributed by atoms with van der Waals surface area (Å²) in [5, 5.41) is 0.827. The molecule has 2 heterocycles. The average Bonchev–Trinajstić information content (AvgIpc) is 2.82. The van der Waals surface area contributed by atoms with Crippen molar-refractivity contribution < 1.29 is 9.53 Å². The lowest BCUT2D eigenvalue weighted by atomic mass is 10.0. The van der Waals surface area contributed by atoms with Gasteiger partial charge in [0.05, 0.1) is 23.8 Å². The van der Waals surface area contributed by atoms with E-state index in [0.29, 0.717) is 28.1 Å². The van der Waals surface area contributed by atoms with Gasteiger partial charge in [-0.05, 0) is 30.7 Å². The summed E-state index contributed by atoms with van der Waals surface area (Å²) in [6, 6.07) is 7.22. The minimum absolute atomic E-state index is 0.198. The molecule has 0 radical (unpaired) electrons. The molecule has 0 fully saturated rings. The van der Waals surface area contributed by atoms with E-state index in [1.54, 1.807) is 32.4 Å². The van der Waals surface area contributed by atoms with Gasteiger partial charge in [0, 0.05) is 28.9 Å². The van der Waals surface area contributed by atoms with Crippen LogP contribution in [0, 0.1) is 6.92 Å². The number of ether oxygens (including phenoxy) is 1. The second-order valence-electron chi connectivity index (χ2n) is 5.26. The molecular weight excluding hydrogens is 280 g/mol. The monoisotopic (exact) mass is 292 g/mol. The molecule has 4 rings (SSSR count). The molecule has 1 aromatic carbocycles. The first kappa shape index (κ1) is 12.8. The number of nitrogens with zero attached hydrogens (tertiary/aromatic N) is 1. The Hall–Kier alpha value is -2.95. The molecule has 5 heteroatoms. The van der Waals surface area contributed by atoms with Gasteiger partial charge >= 0.3 is 0 Å². The molecule has 0 atom stereocenters. The lowest BCUT2D eigenvalue weighted by molar-refractivity contribution is 0.104. The van der Waals surface area contributed by atoms with Crippen molar-refractivity contribution >= 4 is 16.7 Å². The number of hydrogen-bond acceptors (Lipinski definition) is 4. The van der Waals surface area contributed by atoms with E-state index in [0.717, 1.165) is 10.9 Å². The Bertz CT molecular complexity index is 1020. The predicted octanol–water partition coefficient (Wildman–Crippen LogP) is 2.45. The van der Waals surface area contributed by atoms with E-state index in [-0.39, 0.29) is 16.9 Å². The molecule has 0 unspecified atom stereocenters. The Morgan fingerprint density at radius 1 is 1.09 bits per heavy atom. The van der Waals surface area contributed by atoms with Gasteiger partial charge in [0.2, 0.25) is 5.78 Å². The van der Waals surface area contributed by atoms with E-state index in [1.165, 1.54) is 0 Å². The van der Waals surface area contributed by atoms with Gasteiger partial charge in [0.1, 0.15) is 5.75 Å². The second kappa shape index (κ2) is 4.27. The molecule has 1 aliphatic carbocycles. The average molecular weight is 292 g/mol. The van der Waals surface area contributed by atoms with Gasteiger partial charge < -0.3 is 9.72 Å². The summed E-state index contributed by atoms with van der Waals surface area (Å²) in [7, 11) is 1.57. The third kappa shape index (κ3) is 1.50. The van der Waals surface area contributed by atoms with Gasteiger partial charge in [-0.2, -0.15) is 0 Å². The molecule has 22 heavy (non-hydrogen) atoms. The number of aromatic nitrogens is 2. The maximum atomic E-state index is 12.6. The van der Waals surface area contributed by atoms with Gasteiger partial charge in [-0.25, -0.2) is 0 Å². The zero-order chi connectivity index (χ0) is 15.4. The zero-order valence-electron chi connectivity index (χ0n) is 12.1. The normalized spacial score (nSPS) is 12.4. The smallest absolute Gasteiger partial charge is 0.260 e. The van der Waals surface area contributed by atoms with Crippen molar-refractivity contribution in [3.8, 4) is 16.9 Å². The van der Waals surface area contributed by atoms with E-state index in [2.05, 4.69) is 9.97 Å². The largest absolute Gasteiger partial charge is 0.497 e. The van der Waals surface area contributed by atoms with E-state index in [1.807, 2.05) is 12.1 Å². The predicted molar refractivity (Wildman–Crippen MR) is 82.5 cm³/mol. The molecular formula is C17H12N2O3. The molecule has 0 bridgehead atoms. The standard InChI is InChI=1S/C17H12N2O3/c1-8-13-11(5-6-18-8)14-10-4-3-9(22-2)7-12(10)19-17(21)15(14)16(13)20/h3-7H,1-2H3,(H,19,21). The second-order valence-corrected chi connectivity index (χ2v) is 5.26. The highest BCUT2D eigenvalue weighted by molar-refractivity contribution is 6.25. The number of ketones is 1. The molecule has 0 saturated carbocycles. The summed E-state index contributed by atoms with van der Waals surface area (Å²) < 4.78 is 5.19. The number of fused-ring (bicyclic) bond motifs is 5. The molecule has 0 aliphatic heterocycles. The number of rotatable bonds is 1. The topological polar surface area (TPSA) is 72.1 Å². The van der Waals surface area contributed by atoms with Crippen molar-refractivity contribution in [3.05, 3.63) is 57.6 Å². The fourth-order valence-electron chi connectivity index (χ4n) is 3.09. The fraction of sp³-hybridized carbons (Fsp3) is 0.118. The first-order chi connectivity index (χ1) is 10.6. The zero-order valence-corrected chi connectivity index (χ0v) is 12.1. The van der Waals surface area contributed by atoms with Gasteiger partial charge in [0.15, 0.2) is 0 Å². The van der Waals surface area contributed by atoms with Crippen LogP contribution in [0.1, 0.15) is 21.6 Å². The molecule has 0 amide bonds. The molecule has 5 nitrogen and oxygen atoms in total. The van der Waals surface area contributed by atoms with E-state index < -0.39 is 0 Å². The van der Waals surface area contributed by atoms with Gasteiger partial charge in [-0.1, -0.05) is 0 Å². The number of pyridine rings is 2. The minimum atomic E-state index is -0.378. The van der Waals surface area contributed by atoms with Crippen molar-refractivity contribution in [1.82, 2.24) is 9.97 Å². The quantitative estimate of drug-likeness (QED) is 0.585. The Morgan fingerprint density at radius 3 is 2.68 bits per heavy atom. The number of carbonyl (C=O) groups excluding carboxylic acids is 1. The summed E-state index contributed by atoms with van der Waals surface area (Å²) in [5.74, 6) is 0.396. The van der Waals surface area contributed by atoms with Crippen LogP contribution in [0.2, 0.25) is 0 Å². The number of aryl methyl sites for hydroxylation is 1. The number of aromatic amines is 1. The van der Waals surface area contributed by atoms with Crippen molar-refractivity contribution in [2.45, 2.75) is 6.92 Å². The summed E-state index contributed by atoms with van der Waals surface area (Å²) >= 11 is 0. The van der Waals surface area contributed by atoms with Crippen LogP contribution in [-0.2, 0) is 0 Å². The van der Waals surface area contributed by atoms with Crippen LogP contribution < -0.4 is 10.3 Å². The summed E-state index contributed by atoms with van der Waals surface area (Å²) in [4.78, 5) is 31.9. The van der Waals surface area contributed by atoms with Crippen LogP contribution in [0.4, 0.5) is 0 Å². The molecule has 1 N–H and O–H groups in total. The SMILES string of the molecule is COc1ccc2c3c(c(=O)[nH]c2c1)C(=O)c1c-3ccnc1C. The van der Waals surface area contributed by atoms with Crippen LogP contribution >= 0.6 is 0 Å². The van der Waals surface area contributed by atoms with Crippen LogP contribution in [0.3, 0.4) is 0 Å². The van der Waals surface area contributed by atoms with Gasteiger partial charge in [-0.3, -0.25) is 14.6 Å². The highest BCUT2D eigenvalue weighted by atomic mass is 16.5. The molecule has 2 aromatic heterocycles. The molecule has 1 aliphatic rings. The van der Waals surface area contributed by atoms with Crippen molar-refractivity contribution in [1.29, 1.82) is 0 Å².